The lowest BCUT2D eigenvalue weighted by Crippen LogP contribution is -2.45. The highest BCUT2D eigenvalue weighted by atomic mass is 16.5. The molecule has 0 saturated carbocycles. The van der Waals surface area contributed by atoms with E-state index >= 15 is 0 Å². The standard InChI is InChI=1S/C12H18O4/c1-12(15,9-13)11(14)8-16-7-10-5-3-2-4-6-10/h2-6,11,13-15H,7-9H2,1H3/t11-,12-/m0/s1. The Morgan fingerprint density at radius 3 is 2.50 bits per heavy atom. The second-order valence-electron chi connectivity index (χ2n) is 4.03. The molecular weight excluding hydrogens is 208 g/mol. The van der Waals surface area contributed by atoms with Gasteiger partial charge in [0, 0.05) is 0 Å². The first-order chi connectivity index (χ1) is 7.56. The second-order valence-corrected chi connectivity index (χ2v) is 4.03. The van der Waals surface area contributed by atoms with Crippen molar-refractivity contribution < 1.29 is 20.1 Å². The summed E-state index contributed by atoms with van der Waals surface area (Å²) in [6, 6.07) is 9.54. The van der Waals surface area contributed by atoms with Crippen molar-refractivity contribution in [3.63, 3.8) is 0 Å². The Bertz CT molecular complexity index is 297. The largest absolute Gasteiger partial charge is 0.393 e. The first-order valence-electron chi connectivity index (χ1n) is 5.19. The fraction of sp³-hybridized carbons (Fsp3) is 0.500. The van der Waals surface area contributed by atoms with Crippen LogP contribution in [-0.2, 0) is 11.3 Å². The van der Waals surface area contributed by atoms with E-state index in [4.69, 9.17) is 9.84 Å². The number of aliphatic hydroxyl groups excluding tert-OH is 2. The number of ether oxygens (including phenoxy) is 1. The molecule has 0 aliphatic rings. The van der Waals surface area contributed by atoms with Crippen molar-refractivity contribution in [1.29, 1.82) is 0 Å². The van der Waals surface area contributed by atoms with Crippen molar-refractivity contribution in [2.24, 2.45) is 0 Å². The van der Waals surface area contributed by atoms with Crippen molar-refractivity contribution in [2.45, 2.75) is 25.2 Å². The van der Waals surface area contributed by atoms with Gasteiger partial charge in [0.2, 0.25) is 0 Å². The lowest BCUT2D eigenvalue weighted by atomic mass is 10.0. The van der Waals surface area contributed by atoms with E-state index in [0.717, 1.165) is 5.56 Å². The molecule has 0 saturated heterocycles. The molecule has 3 N–H and O–H groups in total. The maximum atomic E-state index is 9.52. The third-order valence-electron chi connectivity index (χ3n) is 2.43. The monoisotopic (exact) mass is 226 g/mol. The summed E-state index contributed by atoms with van der Waals surface area (Å²) in [4.78, 5) is 0. The van der Waals surface area contributed by atoms with Crippen LogP contribution in [0.25, 0.3) is 0 Å². The predicted octanol–water partition coefficient (Wildman–Crippen LogP) is 0.307. The van der Waals surface area contributed by atoms with Gasteiger partial charge in [-0.25, -0.2) is 0 Å². The summed E-state index contributed by atoms with van der Waals surface area (Å²) in [5.41, 5.74) is -0.519. The fourth-order valence-corrected chi connectivity index (χ4v) is 1.15. The number of benzene rings is 1. The van der Waals surface area contributed by atoms with E-state index in [1.165, 1.54) is 6.92 Å². The van der Waals surface area contributed by atoms with Crippen LogP contribution in [-0.4, -0.2) is 40.2 Å². The Labute approximate surface area is 95.1 Å². The number of hydrogen-bond donors (Lipinski definition) is 3. The Balaban J connectivity index is 2.31. The van der Waals surface area contributed by atoms with Gasteiger partial charge < -0.3 is 20.1 Å². The van der Waals surface area contributed by atoms with Crippen LogP contribution in [0.3, 0.4) is 0 Å². The molecule has 2 atom stereocenters. The van der Waals surface area contributed by atoms with Crippen molar-refractivity contribution in [1.82, 2.24) is 0 Å². The molecule has 90 valence electrons. The topological polar surface area (TPSA) is 69.9 Å². The Morgan fingerprint density at radius 1 is 1.31 bits per heavy atom. The summed E-state index contributed by atoms with van der Waals surface area (Å²) in [5.74, 6) is 0. The molecule has 0 amide bonds. The minimum absolute atomic E-state index is 0.0115. The average Bonchev–Trinajstić information content (AvgIpc) is 2.30. The normalized spacial score (nSPS) is 16.8. The van der Waals surface area contributed by atoms with Crippen LogP contribution >= 0.6 is 0 Å². The third-order valence-corrected chi connectivity index (χ3v) is 2.43. The molecule has 4 heteroatoms. The summed E-state index contributed by atoms with van der Waals surface area (Å²) in [7, 11) is 0. The van der Waals surface area contributed by atoms with Crippen LogP contribution in [0.5, 0.6) is 0 Å². The molecule has 1 rings (SSSR count). The van der Waals surface area contributed by atoms with Gasteiger partial charge in [0.25, 0.3) is 0 Å². The molecule has 0 aromatic heterocycles. The van der Waals surface area contributed by atoms with Crippen LogP contribution in [0.15, 0.2) is 30.3 Å². The zero-order chi connectivity index (χ0) is 12.0. The lowest BCUT2D eigenvalue weighted by Gasteiger charge is -2.26. The van der Waals surface area contributed by atoms with Gasteiger partial charge in [-0.3, -0.25) is 0 Å². The Kier molecular flexibility index (Phi) is 4.89. The smallest absolute Gasteiger partial charge is 0.113 e. The second kappa shape index (κ2) is 5.96. The molecule has 4 nitrogen and oxygen atoms in total. The van der Waals surface area contributed by atoms with Crippen molar-refractivity contribution >= 4 is 0 Å². The molecule has 0 radical (unpaired) electrons. The van der Waals surface area contributed by atoms with Gasteiger partial charge in [-0.05, 0) is 12.5 Å². The molecule has 1 aromatic rings. The van der Waals surface area contributed by atoms with Crippen LogP contribution in [0.1, 0.15) is 12.5 Å². The summed E-state index contributed by atoms with van der Waals surface area (Å²) in [6.07, 6.45) is -1.10. The molecule has 0 aliphatic heterocycles. The van der Waals surface area contributed by atoms with Gasteiger partial charge in [0.1, 0.15) is 11.7 Å². The maximum absolute atomic E-state index is 9.52. The van der Waals surface area contributed by atoms with Gasteiger partial charge in [0.05, 0.1) is 19.8 Å². The van der Waals surface area contributed by atoms with Crippen LogP contribution in [0.4, 0.5) is 0 Å². The van der Waals surface area contributed by atoms with Gasteiger partial charge in [-0.1, -0.05) is 30.3 Å². The highest BCUT2D eigenvalue weighted by Crippen LogP contribution is 2.10. The quantitative estimate of drug-likeness (QED) is 0.653. The summed E-state index contributed by atoms with van der Waals surface area (Å²) in [6.45, 7) is 1.23. The summed E-state index contributed by atoms with van der Waals surface area (Å²) in [5, 5.41) is 27.8. The molecule has 0 heterocycles. The highest BCUT2D eigenvalue weighted by molar-refractivity contribution is 5.13. The van der Waals surface area contributed by atoms with E-state index in [2.05, 4.69) is 0 Å². The average molecular weight is 226 g/mol. The minimum atomic E-state index is -1.52. The Hall–Kier alpha value is -0.940. The van der Waals surface area contributed by atoms with E-state index < -0.39 is 18.3 Å². The molecule has 1 aromatic carbocycles. The van der Waals surface area contributed by atoms with Crippen molar-refractivity contribution in [3.8, 4) is 0 Å². The van der Waals surface area contributed by atoms with Crippen molar-refractivity contribution in [3.05, 3.63) is 35.9 Å². The number of rotatable bonds is 6. The molecule has 0 fully saturated rings. The van der Waals surface area contributed by atoms with Crippen LogP contribution < -0.4 is 0 Å². The zero-order valence-electron chi connectivity index (χ0n) is 9.34. The summed E-state index contributed by atoms with van der Waals surface area (Å²) >= 11 is 0. The van der Waals surface area contributed by atoms with Gasteiger partial charge in [0.15, 0.2) is 0 Å². The first-order valence-corrected chi connectivity index (χ1v) is 5.19. The molecule has 0 bridgehead atoms. The van der Waals surface area contributed by atoms with Gasteiger partial charge in [-0.2, -0.15) is 0 Å². The van der Waals surface area contributed by atoms with E-state index in [0.29, 0.717) is 6.61 Å². The summed E-state index contributed by atoms with van der Waals surface area (Å²) < 4.78 is 5.25. The molecular formula is C12H18O4. The van der Waals surface area contributed by atoms with E-state index in [9.17, 15) is 10.2 Å². The number of hydrogen-bond acceptors (Lipinski definition) is 4. The zero-order valence-corrected chi connectivity index (χ0v) is 9.34. The van der Waals surface area contributed by atoms with Crippen molar-refractivity contribution in [2.75, 3.05) is 13.2 Å². The van der Waals surface area contributed by atoms with Crippen LogP contribution in [0.2, 0.25) is 0 Å². The Morgan fingerprint density at radius 2 is 1.94 bits per heavy atom. The molecule has 0 unspecified atom stereocenters. The first kappa shape index (κ1) is 13.1. The fourth-order valence-electron chi connectivity index (χ4n) is 1.15. The van der Waals surface area contributed by atoms with Gasteiger partial charge in [-0.15, -0.1) is 0 Å². The van der Waals surface area contributed by atoms with E-state index in [-0.39, 0.29) is 6.61 Å². The van der Waals surface area contributed by atoms with Crippen LogP contribution in [0, 0.1) is 0 Å². The van der Waals surface area contributed by atoms with Gasteiger partial charge >= 0.3 is 0 Å². The van der Waals surface area contributed by atoms with E-state index in [1.54, 1.807) is 0 Å². The maximum Gasteiger partial charge on any atom is 0.113 e. The number of aliphatic hydroxyl groups is 3. The highest BCUT2D eigenvalue weighted by Gasteiger charge is 2.29. The molecule has 16 heavy (non-hydrogen) atoms. The van der Waals surface area contributed by atoms with E-state index in [1.807, 2.05) is 30.3 Å². The predicted molar refractivity (Wildman–Crippen MR) is 59.8 cm³/mol. The lowest BCUT2D eigenvalue weighted by molar-refractivity contribution is -0.120. The SMILES string of the molecule is C[C@](O)(CO)[C@@H](O)COCc1ccccc1. The molecule has 0 spiro atoms. The third kappa shape index (κ3) is 3.90. The minimum Gasteiger partial charge on any atom is -0.393 e. The molecule has 0 aliphatic carbocycles.